The summed E-state index contributed by atoms with van der Waals surface area (Å²) in [4.78, 5) is 33.2. The first-order valence-electron chi connectivity index (χ1n) is 10.8. The van der Waals surface area contributed by atoms with E-state index in [9.17, 15) is 9.59 Å². The van der Waals surface area contributed by atoms with Gasteiger partial charge in [-0.3, -0.25) is 4.79 Å². The average molecular weight is 437 g/mol. The lowest BCUT2D eigenvalue weighted by atomic mass is 9.89. The summed E-state index contributed by atoms with van der Waals surface area (Å²) in [6, 6.07) is 11.9. The number of methoxy groups -OCH3 is 1. The van der Waals surface area contributed by atoms with Gasteiger partial charge in [0.15, 0.2) is 0 Å². The number of rotatable bonds is 6. The molecule has 0 unspecified atom stereocenters. The van der Waals surface area contributed by atoms with Crippen LogP contribution in [0.5, 0.6) is 0 Å². The van der Waals surface area contributed by atoms with Gasteiger partial charge in [-0.2, -0.15) is 0 Å². The molecule has 0 bridgehead atoms. The van der Waals surface area contributed by atoms with Gasteiger partial charge < -0.3 is 31.0 Å². The van der Waals surface area contributed by atoms with Crippen LogP contribution in [-0.2, 0) is 4.74 Å². The molecule has 0 radical (unpaired) electrons. The number of nitrogens with two attached hydrogens (primary N) is 1. The van der Waals surface area contributed by atoms with Crippen molar-refractivity contribution in [2.75, 3.05) is 43.9 Å². The van der Waals surface area contributed by atoms with E-state index >= 15 is 0 Å². The fourth-order valence-electron chi connectivity index (χ4n) is 4.10. The Balaban J connectivity index is 1.52. The lowest BCUT2D eigenvalue weighted by Crippen LogP contribution is -2.37. The zero-order chi connectivity index (χ0) is 22.5. The van der Waals surface area contributed by atoms with Crippen LogP contribution in [0.3, 0.4) is 0 Å². The molecule has 3 aromatic rings. The quantitative estimate of drug-likeness (QED) is 0.468. The van der Waals surface area contributed by atoms with Crippen LogP contribution >= 0.6 is 0 Å². The number of nitrogens with zero attached hydrogens (tertiary/aromatic N) is 2. The van der Waals surface area contributed by atoms with Crippen molar-refractivity contribution < 1.29 is 9.53 Å². The minimum atomic E-state index is -0.263. The van der Waals surface area contributed by atoms with Crippen LogP contribution in [0.2, 0.25) is 0 Å². The van der Waals surface area contributed by atoms with Crippen LogP contribution < -0.4 is 21.9 Å². The van der Waals surface area contributed by atoms with Gasteiger partial charge in [0, 0.05) is 38.1 Å². The first kappa shape index (κ1) is 21.6. The number of benzene rings is 1. The van der Waals surface area contributed by atoms with E-state index in [1.165, 1.54) is 12.7 Å². The number of carbonyl (C=O) groups excluding carboxylic acids is 1. The molecule has 1 amide bonds. The Morgan fingerprint density at radius 1 is 1.25 bits per heavy atom. The highest BCUT2D eigenvalue weighted by Crippen LogP contribution is 2.30. The van der Waals surface area contributed by atoms with Gasteiger partial charge in [0.2, 0.25) is 0 Å². The normalized spacial score (nSPS) is 14.4. The second kappa shape index (κ2) is 9.69. The van der Waals surface area contributed by atoms with Gasteiger partial charge in [0.1, 0.15) is 11.6 Å². The molecule has 168 valence electrons. The van der Waals surface area contributed by atoms with Crippen molar-refractivity contribution in [1.29, 1.82) is 0 Å². The Hall–Kier alpha value is -3.59. The molecule has 0 atom stereocenters. The minimum absolute atomic E-state index is 0.197. The third kappa shape index (κ3) is 4.67. The fourth-order valence-corrected chi connectivity index (χ4v) is 4.10. The largest absolute Gasteiger partial charge is 0.453 e. The molecule has 1 aliphatic rings. The molecule has 1 saturated heterocycles. The standard InChI is InChI=1S/C23H28N6O3/c1-32-23(31)29-12-7-16(8-13-29)15-2-4-18(5-3-15)27-21-20-17(6-10-26-22(20)30)14-19(28-21)25-11-9-24/h2-6,10,14,16H,7-9,11-13,24H2,1H3,(H,26,30)(H2,25,27,28). The number of amides is 1. The number of carbonyl (C=O) groups is 1. The van der Waals surface area contributed by atoms with Gasteiger partial charge >= 0.3 is 6.09 Å². The molecule has 0 spiro atoms. The fraction of sp³-hybridized carbons (Fsp3) is 0.348. The number of hydrogen-bond acceptors (Lipinski definition) is 7. The van der Waals surface area contributed by atoms with E-state index in [0.717, 1.165) is 23.9 Å². The highest BCUT2D eigenvalue weighted by Gasteiger charge is 2.24. The number of aromatic amines is 1. The predicted octanol–water partition coefficient (Wildman–Crippen LogP) is 2.98. The van der Waals surface area contributed by atoms with Gasteiger partial charge in [-0.25, -0.2) is 9.78 Å². The van der Waals surface area contributed by atoms with E-state index in [2.05, 4.69) is 32.7 Å². The molecule has 1 fully saturated rings. The van der Waals surface area contributed by atoms with Gasteiger partial charge in [-0.05, 0) is 54.0 Å². The molecule has 9 nitrogen and oxygen atoms in total. The van der Waals surface area contributed by atoms with Crippen LogP contribution in [0.1, 0.15) is 24.3 Å². The van der Waals surface area contributed by atoms with Gasteiger partial charge in [-0.15, -0.1) is 0 Å². The number of hydrogen-bond donors (Lipinski definition) is 4. The molecule has 4 rings (SSSR count). The molecule has 1 aromatic carbocycles. The molecule has 2 aromatic heterocycles. The average Bonchev–Trinajstić information content (AvgIpc) is 2.83. The van der Waals surface area contributed by atoms with Crippen LogP contribution in [0.4, 0.5) is 22.1 Å². The number of H-pyrrole nitrogens is 1. The van der Waals surface area contributed by atoms with Crippen molar-refractivity contribution in [2.45, 2.75) is 18.8 Å². The first-order chi connectivity index (χ1) is 15.6. The summed E-state index contributed by atoms with van der Waals surface area (Å²) in [7, 11) is 1.41. The molecule has 32 heavy (non-hydrogen) atoms. The molecule has 9 heteroatoms. The second-order valence-electron chi connectivity index (χ2n) is 7.82. The van der Waals surface area contributed by atoms with Gasteiger partial charge in [0.25, 0.3) is 5.56 Å². The number of nitrogens with one attached hydrogen (secondary N) is 3. The van der Waals surface area contributed by atoms with E-state index in [1.54, 1.807) is 11.1 Å². The second-order valence-corrected chi connectivity index (χ2v) is 7.82. The molecule has 0 saturated carbocycles. The van der Waals surface area contributed by atoms with Crippen molar-refractivity contribution in [3.05, 3.63) is 58.5 Å². The Bertz CT molecular complexity index is 1140. The zero-order valence-electron chi connectivity index (χ0n) is 18.1. The summed E-state index contributed by atoms with van der Waals surface area (Å²) in [5, 5.41) is 7.76. The highest BCUT2D eigenvalue weighted by atomic mass is 16.5. The number of ether oxygens (including phenoxy) is 1. The summed E-state index contributed by atoms with van der Waals surface area (Å²) in [6.45, 7) is 2.46. The first-order valence-corrected chi connectivity index (χ1v) is 10.8. The maximum absolute atomic E-state index is 12.5. The number of aromatic nitrogens is 2. The van der Waals surface area contributed by atoms with Crippen molar-refractivity contribution in [3.63, 3.8) is 0 Å². The molecule has 5 N–H and O–H groups in total. The van der Waals surface area contributed by atoms with Crippen molar-refractivity contribution in [1.82, 2.24) is 14.9 Å². The van der Waals surface area contributed by atoms with Crippen molar-refractivity contribution >= 4 is 34.2 Å². The summed E-state index contributed by atoms with van der Waals surface area (Å²) < 4.78 is 4.81. The number of anilines is 3. The van der Waals surface area contributed by atoms with Crippen molar-refractivity contribution in [3.8, 4) is 0 Å². The Morgan fingerprint density at radius 3 is 2.69 bits per heavy atom. The third-order valence-electron chi connectivity index (χ3n) is 5.78. The smallest absolute Gasteiger partial charge is 0.409 e. The lowest BCUT2D eigenvalue weighted by Gasteiger charge is -2.31. The Morgan fingerprint density at radius 2 is 2.00 bits per heavy atom. The lowest BCUT2D eigenvalue weighted by molar-refractivity contribution is 0.112. The third-order valence-corrected chi connectivity index (χ3v) is 5.78. The number of pyridine rings is 2. The van der Waals surface area contributed by atoms with E-state index < -0.39 is 0 Å². The molecule has 0 aliphatic carbocycles. The number of piperidine rings is 1. The maximum Gasteiger partial charge on any atom is 0.409 e. The summed E-state index contributed by atoms with van der Waals surface area (Å²) in [6.07, 6.45) is 3.17. The Kier molecular flexibility index (Phi) is 6.55. The van der Waals surface area contributed by atoms with Crippen LogP contribution in [0, 0.1) is 0 Å². The van der Waals surface area contributed by atoms with Gasteiger partial charge in [-0.1, -0.05) is 12.1 Å². The number of likely N-dealkylation sites (tertiary alicyclic amines) is 1. The zero-order valence-corrected chi connectivity index (χ0v) is 18.1. The number of fused-ring (bicyclic) bond motifs is 1. The summed E-state index contributed by atoms with van der Waals surface area (Å²) in [5.41, 5.74) is 7.47. The van der Waals surface area contributed by atoms with Crippen LogP contribution in [-0.4, -0.2) is 54.2 Å². The van der Waals surface area contributed by atoms with Gasteiger partial charge in [0.05, 0.1) is 12.5 Å². The molecular weight excluding hydrogens is 408 g/mol. The van der Waals surface area contributed by atoms with E-state index in [0.29, 0.717) is 49.1 Å². The SMILES string of the molecule is COC(=O)N1CCC(c2ccc(Nc3nc(NCCN)cc4cc[nH]c(=O)c34)cc2)CC1. The van der Waals surface area contributed by atoms with Crippen LogP contribution in [0.15, 0.2) is 47.4 Å². The monoisotopic (exact) mass is 436 g/mol. The summed E-state index contributed by atoms with van der Waals surface area (Å²) >= 11 is 0. The maximum atomic E-state index is 12.5. The van der Waals surface area contributed by atoms with Crippen LogP contribution in [0.25, 0.3) is 10.8 Å². The highest BCUT2D eigenvalue weighted by molar-refractivity contribution is 5.94. The van der Waals surface area contributed by atoms with E-state index in [-0.39, 0.29) is 11.7 Å². The Labute approximate surface area is 186 Å². The topological polar surface area (TPSA) is 125 Å². The molecular formula is C23H28N6O3. The van der Waals surface area contributed by atoms with Crippen molar-refractivity contribution in [2.24, 2.45) is 5.73 Å². The molecule has 1 aliphatic heterocycles. The van der Waals surface area contributed by atoms with E-state index in [1.807, 2.05) is 24.3 Å². The minimum Gasteiger partial charge on any atom is -0.453 e. The molecule has 3 heterocycles. The summed E-state index contributed by atoms with van der Waals surface area (Å²) in [5.74, 6) is 1.54. The predicted molar refractivity (Wildman–Crippen MR) is 126 cm³/mol. The van der Waals surface area contributed by atoms with E-state index in [4.69, 9.17) is 10.5 Å².